The quantitative estimate of drug-likeness (QED) is 0.727. The standard InChI is InChI=1S/C12H13F3O/c1-8(7-16)6-10-4-3-5-11(9(10)2)12(13,14)15/h3-5,7-8H,6H2,1-2H3. The van der Waals surface area contributed by atoms with Crippen LogP contribution in [0, 0.1) is 12.8 Å². The van der Waals surface area contributed by atoms with Crippen molar-refractivity contribution in [3.05, 3.63) is 34.9 Å². The van der Waals surface area contributed by atoms with Crippen LogP contribution in [0.4, 0.5) is 13.2 Å². The molecule has 0 bridgehead atoms. The zero-order valence-electron chi connectivity index (χ0n) is 9.14. The molecule has 0 aromatic heterocycles. The van der Waals surface area contributed by atoms with Crippen LogP contribution in [0.3, 0.4) is 0 Å². The highest BCUT2D eigenvalue weighted by molar-refractivity contribution is 5.54. The zero-order valence-corrected chi connectivity index (χ0v) is 9.14. The summed E-state index contributed by atoms with van der Waals surface area (Å²) in [6.07, 6.45) is -3.23. The van der Waals surface area contributed by atoms with Gasteiger partial charge in [-0.15, -0.1) is 0 Å². The van der Waals surface area contributed by atoms with Gasteiger partial charge in [-0.3, -0.25) is 0 Å². The lowest BCUT2D eigenvalue weighted by Crippen LogP contribution is -2.10. The maximum Gasteiger partial charge on any atom is 0.416 e. The summed E-state index contributed by atoms with van der Waals surface area (Å²) < 4.78 is 37.7. The molecule has 88 valence electrons. The molecular formula is C12H13F3O. The normalized spacial score (nSPS) is 13.6. The van der Waals surface area contributed by atoms with Gasteiger partial charge >= 0.3 is 6.18 Å². The molecule has 0 aliphatic carbocycles. The third-order valence-corrected chi connectivity index (χ3v) is 2.53. The molecule has 0 amide bonds. The maximum absolute atomic E-state index is 12.6. The fourth-order valence-corrected chi connectivity index (χ4v) is 1.61. The third kappa shape index (κ3) is 2.84. The molecule has 4 heteroatoms. The molecule has 1 rings (SSSR count). The predicted molar refractivity (Wildman–Crippen MR) is 55.1 cm³/mol. The second kappa shape index (κ2) is 4.68. The number of alkyl halides is 3. The molecule has 0 fully saturated rings. The second-order valence-electron chi connectivity index (χ2n) is 3.90. The van der Waals surface area contributed by atoms with Gasteiger partial charge in [0, 0.05) is 5.92 Å². The van der Waals surface area contributed by atoms with Gasteiger partial charge < -0.3 is 4.79 Å². The Labute approximate surface area is 92.3 Å². The van der Waals surface area contributed by atoms with Crippen LogP contribution in [0.2, 0.25) is 0 Å². The Morgan fingerprint density at radius 3 is 2.50 bits per heavy atom. The van der Waals surface area contributed by atoms with Crippen molar-refractivity contribution in [2.24, 2.45) is 5.92 Å². The van der Waals surface area contributed by atoms with E-state index >= 15 is 0 Å². The van der Waals surface area contributed by atoms with Crippen LogP contribution in [-0.4, -0.2) is 6.29 Å². The van der Waals surface area contributed by atoms with E-state index in [1.165, 1.54) is 13.0 Å². The van der Waals surface area contributed by atoms with Crippen LogP contribution in [0.15, 0.2) is 18.2 Å². The Balaban J connectivity index is 3.09. The first-order chi connectivity index (χ1) is 7.36. The van der Waals surface area contributed by atoms with Crippen molar-refractivity contribution in [1.82, 2.24) is 0 Å². The van der Waals surface area contributed by atoms with Crippen molar-refractivity contribution in [1.29, 1.82) is 0 Å². The molecule has 1 nitrogen and oxygen atoms in total. The number of hydrogen-bond donors (Lipinski definition) is 0. The lowest BCUT2D eigenvalue weighted by atomic mass is 9.95. The van der Waals surface area contributed by atoms with E-state index in [2.05, 4.69) is 0 Å². The molecule has 1 aromatic rings. The Morgan fingerprint density at radius 2 is 2.00 bits per heavy atom. The van der Waals surface area contributed by atoms with E-state index in [9.17, 15) is 18.0 Å². The summed E-state index contributed by atoms with van der Waals surface area (Å²) in [7, 11) is 0. The van der Waals surface area contributed by atoms with E-state index in [0.717, 1.165) is 12.4 Å². The molecular weight excluding hydrogens is 217 g/mol. The zero-order chi connectivity index (χ0) is 12.3. The van der Waals surface area contributed by atoms with Crippen molar-refractivity contribution in [2.75, 3.05) is 0 Å². The SMILES string of the molecule is Cc1c(CC(C)C=O)cccc1C(F)(F)F. The Bertz CT molecular complexity index is 382. The second-order valence-corrected chi connectivity index (χ2v) is 3.90. The topological polar surface area (TPSA) is 17.1 Å². The van der Waals surface area contributed by atoms with Crippen molar-refractivity contribution in [3.63, 3.8) is 0 Å². The van der Waals surface area contributed by atoms with Gasteiger partial charge in [-0.25, -0.2) is 0 Å². The fourth-order valence-electron chi connectivity index (χ4n) is 1.61. The first kappa shape index (κ1) is 12.7. The van der Waals surface area contributed by atoms with Gasteiger partial charge in [0.2, 0.25) is 0 Å². The average Bonchev–Trinajstić information content (AvgIpc) is 2.19. The molecule has 0 heterocycles. The van der Waals surface area contributed by atoms with Crippen molar-refractivity contribution in [2.45, 2.75) is 26.4 Å². The number of aldehydes is 1. The number of hydrogen-bond acceptors (Lipinski definition) is 1. The van der Waals surface area contributed by atoms with Crippen molar-refractivity contribution in [3.8, 4) is 0 Å². The molecule has 0 saturated carbocycles. The van der Waals surface area contributed by atoms with Gasteiger partial charge in [-0.1, -0.05) is 19.1 Å². The average molecular weight is 230 g/mol. The molecule has 0 aliphatic heterocycles. The highest BCUT2D eigenvalue weighted by Gasteiger charge is 2.32. The summed E-state index contributed by atoms with van der Waals surface area (Å²) in [6.45, 7) is 3.13. The summed E-state index contributed by atoms with van der Waals surface area (Å²) in [5.74, 6) is -0.262. The monoisotopic (exact) mass is 230 g/mol. The third-order valence-electron chi connectivity index (χ3n) is 2.53. The summed E-state index contributed by atoms with van der Waals surface area (Å²) in [5.41, 5.74) is 0.168. The van der Waals surface area contributed by atoms with Crippen LogP contribution < -0.4 is 0 Å². The maximum atomic E-state index is 12.6. The molecule has 0 spiro atoms. The van der Waals surface area contributed by atoms with E-state index in [1.54, 1.807) is 13.0 Å². The van der Waals surface area contributed by atoms with Crippen LogP contribution in [-0.2, 0) is 17.4 Å². The van der Waals surface area contributed by atoms with Gasteiger partial charge in [0.15, 0.2) is 0 Å². The lowest BCUT2D eigenvalue weighted by molar-refractivity contribution is -0.138. The summed E-state index contributed by atoms with van der Waals surface area (Å²) in [4.78, 5) is 10.5. The first-order valence-corrected chi connectivity index (χ1v) is 4.97. The van der Waals surface area contributed by atoms with Crippen LogP contribution in [0.1, 0.15) is 23.6 Å². The number of benzene rings is 1. The van der Waals surface area contributed by atoms with Gasteiger partial charge in [-0.2, -0.15) is 13.2 Å². The van der Waals surface area contributed by atoms with E-state index in [4.69, 9.17) is 0 Å². The lowest BCUT2D eigenvalue weighted by Gasteiger charge is -2.14. The number of carbonyl (C=O) groups is 1. The fraction of sp³-hybridized carbons (Fsp3) is 0.417. The highest BCUT2D eigenvalue weighted by atomic mass is 19.4. The van der Waals surface area contributed by atoms with E-state index in [-0.39, 0.29) is 11.5 Å². The molecule has 0 N–H and O–H groups in total. The minimum Gasteiger partial charge on any atom is -0.303 e. The summed E-state index contributed by atoms with van der Waals surface area (Å²) in [6, 6.07) is 4.07. The Kier molecular flexibility index (Phi) is 3.73. The summed E-state index contributed by atoms with van der Waals surface area (Å²) >= 11 is 0. The molecule has 0 aliphatic rings. The largest absolute Gasteiger partial charge is 0.416 e. The molecule has 16 heavy (non-hydrogen) atoms. The Hall–Kier alpha value is -1.32. The molecule has 1 aromatic carbocycles. The molecule has 1 atom stereocenters. The molecule has 0 radical (unpaired) electrons. The number of halogens is 3. The first-order valence-electron chi connectivity index (χ1n) is 4.97. The number of carbonyl (C=O) groups excluding carboxylic acids is 1. The van der Waals surface area contributed by atoms with Gasteiger partial charge in [0.05, 0.1) is 5.56 Å². The molecule has 0 saturated heterocycles. The number of rotatable bonds is 3. The van der Waals surface area contributed by atoms with Crippen molar-refractivity contribution >= 4 is 6.29 Å². The van der Waals surface area contributed by atoms with Crippen molar-refractivity contribution < 1.29 is 18.0 Å². The van der Waals surface area contributed by atoms with Gasteiger partial charge in [0.25, 0.3) is 0 Å². The molecule has 1 unspecified atom stereocenters. The van der Waals surface area contributed by atoms with Crippen LogP contribution in [0.5, 0.6) is 0 Å². The minimum atomic E-state index is -4.33. The highest BCUT2D eigenvalue weighted by Crippen LogP contribution is 2.33. The predicted octanol–water partition coefficient (Wildman–Crippen LogP) is 3.39. The van der Waals surface area contributed by atoms with E-state index in [0.29, 0.717) is 12.0 Å². The van der Waals surface area contributed by atoms with Crippen LogP contribution >= 0.6 is 0 Å². The van der Waals surface area contributed by atoms with Gasteiger partial charge in [0.1, 0.15) is 6.29 Å². The van der Waals surface area contributed by atoms with Crippen LogP contribution in [0.25, 0.3) is 0 Å². The minimum absolute atomic E-state index is 0.212. The summed E-state index contributed by atoms with van der Waals surface area (Å²) in [5, 5.41) is 0. The van der Waals surface area contributed by atoms with E-state index < -0.39 is 11.7 Å². The smallest absolute Gasteiger partial charge is 0.303 e. The van der Waals surface area contributed by atoms with E-state index in [1.807, 2.05) is 0 Å². The Morgan fingerprint density at radius 1 is 1.38 bits per heavy atom. The van der Waals surface area contributed by atoms with Gasteiger partial charge in [-0.05, 0) is 30.5 Å².